The number of carbonyl (C=O) groups excluding carboxylic acids is 3. The van der Waals surface area contributed by atoms with E-state index in [0.717, 1.165) is 9.96 Å². The van der Waals surface area contributed by atoms with E-state index in [4.69, 9.17) is 4.84 Å². The summed E-state index contributed by atoms with van der Waals surface area (Å²) in [5.74, 6) is -3.23. The van der Waals surface area contributed by atoms with Gasteiger partial charge >= 0.3 is 12.4 Å². The molecule has 3 amide bonds. The maximum atomic E-state index is 14.1. The molecule has 1 aromatic heterocycles. The molecule has 0 spiro atoms. The first-order chi connectivity index (χ1) is 21.7. The molecule has 47 heavy (non-hydrogen) atoms. The molecular formula is C32H31F7N4O4. The van der Waals surface area contributed by atoms with Gasteiger partial charge in [-0.15, -0.1) is 0 Å². The average Bonchev–Trinajstić information content (AvgIpc) is 3.39. The Morgan fingerprint density at radius 2 is 1.49 bits per heavy atom. The highest BCUT2D eigenvalue weighted by Gasteiger charge is 2.43. The summed E-state index contributed by atoms with van der Waals surface area (Å²) in [4.78, 5) is 49.8. The molecule has 15 heteroatoms. The zero-order valence-corrected chi connectivity index (χ0v) is 26.1. The molecule has 2 aromatic carbocycles. The van der Waals surface area contributed by atoms with E-state index in [-0.39, 0.29) is 29.4 Å². The fraction of sp³-hybridized carbons (Fsp3) is 0.375. The highest BCUT2D eigenvalue weighted by molar-refractivity contribution is 6.03. The van der Waals surface area contributed by atoms with Crippen LogP contribution in [0.1, 0.15) is 54.1 Å². The molecule has 2 unspecified atom stereocenters. The van der Waals surface area contributed by atoms with Crippen LogP contribution < -0.4 is 10.2 Å². The van der Waals surface area contributed by atoms with Crippen molar-refractivity contribution >= 4 is 23.4 Å². The zero-order chi connectivity index (χ0) is 35.2. The standard InChI is InChI=1S/C32H31F7N4O4/c1-16-9-20(33)7-8-21(16)22-13-24(23-14-26(44)41-27(23)28(45)43(5)47-6)40-15-25(22)42(4)29(46)30(2,3)17-10-18(31(34,35)36)12-19(11-17)32(37,38)39/h7-13,15,23,27H,14H2,1-6H3,(H,41,44). The molecule has 1 aliphatic heterocycles. The van der Waals surface area contributed by atoms with Crippen LogP contribution in [-0.4, -0.2) is 55.0 Å². The second-order valence-electron chi connectivity index (χ2n) is 11.7. The summed E-state index contributed by atoms with van der Waals surface area (Å²) >= 11 is 0. The number of alkyl halides is 6. The summed E-state index contributed by atoms with van der Waals surface area (Å²) < 4.78 is 95.9. The minimum absolute atomic E-state index is 0.0170. The molecule has 1 fully saturated rings. The molecule has 1 N–H and O–H groups in total. The topological polar surface area (TPSA) is 91.8 Å². The number of aryl methyl sites for hydroxylation is 1. The van der Waals surface area contributed by atoms with Crippen LogP contribution in [0.25, 0.3) is 11.1 Å². The Bertz CT molecular complexity index is 1690. The van der Waals surface area contributed by atoms with Crippen molar-refractivity contribution in [1.82, 2.24) is 15.4 Å². The van der Waals surface area contributed by atoms with Gasteiger partial charge in [0.2, 0.25) is 11.8 Å². The van der Waals surface area contributed by atoms with Crippen LogP contribution in [0.5, 0.6) is 0 Å². The number of halogens is 7. The summed E-state index contributed by atoms with van der Waals surface area (Å²) in [7, 11) is 3.91. The largest absolute Gasteiger partial charge is 0.416 e. The number of hydroxylamine groups is 2. The van der Waals surface area contributed by atoms with Crippen molar-refractivity contribution in [3.8, 4) is 11.1 Å². The number of pyridine rings is 1. The molecule has 0 bridgehead atoms. The third-order valence-electron chi connectivity index (χ3n) is 8.25. The van der Waals surface area contributed by atoms with E-state index in [1.165, 1.54) is 65.5 Å². The van der Waals surface area contributed by atoms with Gasteiger partial charge in [-0.1, -0.05) is 6.07 Å². The quantitative estimate of drug-likeness (QED) is 0.241. The smallest absolute Gasteiger partial charge is 0.344 e. The van der Waals surface area contributed by atoms with Gasteiger partial charge in [-0.25, -0.2) is 9.45 Å². The number of benzene rings is 2. The zero-order valence-electron chi connectivity index (χ0n) is 26.1. The normalized spacial score (nSPS) is 17.0. The number of carbonyl (C=O) groups is 3. The van der Waals surface area contributed by atoms with Crippen molar-refractivity contribution in [3.63, 3.8) is 0 Å². The van der Waals surface area contributed by atoms with E-state index in [2.05, 4.69) is 10.3 Å². The predicted molar refractivity (Wildman–Crippen MR) is 156 cm³/mol. The van der Waals surface area contributed by atoms with Gasteiger partial charge in [0.1, 0.15) is 11.9 Å². The highest BCUT2D eigenvalue weighted by atomic mass is 19.4. The highest BCUT2D eigenvalue weighted by Crippen LogP contribution is 2.42. The minimum Gasteiger partial charge on any atom is -0.344 e. The minimum atomic E-state index is -5.12. The van der Waals surface area contributed by atoms with E-state index in [1.54, 1.807) is 6.92 Å². The summed E-state index contributed by atoms with van der Waals surface area (Å²) in [5.41, 5.74) is -4.14. The molecule has 8 nitrogen and oxygen atoms in total. The number of anilines is 1. The molecule has 0 radical (unpaired) electrons. The molecule has 252 valence electrons. The number of likely N-dealkylation sites (N-methyl/N-ethyl adjacent to an activating group) is 2. The van der Waals surface area contributed by atoms with Crippen LogP contribution in [-0.2, 0) is 37.0 Å². The molecule has 4 rings (SSSR count). The maximum absolute atomic E-state index is 14.1. The van der Waals surface area contributed by atoms with Crippen molar-refractivity contribution in [3.05, 3.63) is 82.4 Å². The second-order valence-corrected chi connectivity index (χ2v) is 11.7. The Balaban J connectivity index is 1.85. The van der Waals surface area contributed by atoms with Gasteiger partial charge in [-0.3, -0.25) is 24.2 Å². The molecule has 1 aliphatic rings. The van der Waals surface area contributed by atoms with E-state index in [9.17, 15) is 45.1 Å². The number of amides is 3. The lowest BCUT2D eigenvalue weighted by molar-refractivity contribution is -0.171. The van der Waals surface area contributed by atoms with E-state index < -0.39 is 70.0 Å². The number of hydrogen-bond acceptors (Lipinski definition) is 5. The number of aromatic nitrogens is 1. The number of hydrogen-bond donors (Lipinski definition) is 1. The lowest BCUT2D eigenvalue weighted by Gasteiger charge is -2.32. The number of rotatable bonds is 7. The second kappa shape index (κ2) is 12.6. The molecule has 1 saturated heterocycles. The van der Waals surface area contributed by atoms with Crippen molar-refractivity contribution in [2.75, 3.05) is 26.1 Å². The Morgan fingerprint density at radius 1 is 0.915 bits per heavy atom. The van der Waals surface area contributed by atoms with Crippen molar-refractivity contribution in [2.45, 2.75) is 56.9 Å². The van der Waals surface area contributed by atoms with Crippen LogP contribution in [0.15, 0.2) is 48.7 Å². The predicted octanol–water partition coefficient (Wildman–Crippen LogP) is 6.17. The molecule has 2 atom stereocenters. The first-order valence-electron chi connectivity index (χ1n) is 14.1. The fourth-order valence-corrected chi connectivity index (χ4v) is 5.49. The molecule has 0 saturated carbocycles. The van der Waals surface area contributed by atoms with Gasteiger partial charge in [0, 0.05) is 37.7 Å². The van der Waals surface area contributed by atoms with E-state index in [0.29, 0.717) is 23.3 Å². The van der Waals surface area contributed by atoms with Crippen molar-refractivity contribution in [2.24, 2.45) is 0 Å². The lowest BCUT2D eigenvalue weighted by atomic mass is 9.81. The average molecular weight is 669 g/mol. The summed E-state index contributed by atoms with van der Waals surface area (Å²) in [5, 5.41) is 3.53. The van der Waals surface area contributed by atoms with Gasteiger partial charge in [0.25, 0.3) is 5.91 Å². The van der Waals surface area contributed by atoms with Gasteiger partial charge in [-0.2, -0.15) is 26.3 Å². The van der Waals surface area contributed by atoms with E-state index in [1.807, 2.05) is 0 Å². The Hall–Kier alpha value is -4.53. The molecule has 3 aromatic rings. The Kier molecular flexibility index (Phi) is 9.46. The molecule has 2 heterocycles. The lowest BCUT2D eigenvalue weighted by Crippen LogP contribution is -2.44. The van der Waals surface area contributed by atoms with Crippen molar-refractivity contribution < 1.29 is 50.0 Å². The van der Waals surface area contributed by atoms with Crippen LogP contribution in [0, 0.1) is 12.7 Å². The fourth-order valence-electron chi connectivity index (χ4n) is 5.49. The van der Waals surface area contributed by atoms with Crippen molar-refractivity contribution in [1.29, 1.82) is 0 Å². The monoisotopic (exact) mass is 668 g/mol. The van der Waals surface area contributed by atoms with Gasteiger partial charge in [0.05, 0.1) is 35.5 Å². The number of nitrogens with zero attached hydrogens (tertiary/aromatic N) is 3. The van der Waals surface area contributed by atoms with Gasteiger partial charge in [-0.05, 0) is 73.9 Å². The number of nitrogens with one attached hydrogen (secondary N) is 1. The Morgan fingerprint density at radius 3 is 2.02 bits per heavy atom. The first-order valence-corrected chi connectivity index (χ1v) is 14.1. The molecule has 0 aliphatic carbocycles. The first kappa shape index (κ1) is 35.3. The maximum Gasteiger partial charge on any atom is 0.416 e. The Labute approximate surface area is 265 Å². The van der Waals surface area contributed by atoms with E-state index >= 15 is 0 Å². The van der Waals surface area contributed by atoms with Crippen LogP contribution in [0.3, 0.4) is 0 Å². The summed E-state index contributed by atoms with van der Waals surface area (Å²) in [6.07, 6.45) is -9.12. The van der Waals surface area contributed by atoms with Crippen LogP contribution in [0.4, 0.5) is 36.4 Å². The summed E-state index contributed by atoms with van der Waals surface area (Å²) in [6.45, 7) is 3.99. The summed E-state index contributed by atoms with van der Waals surface area (Å²) in [6, 6.07) is 5.27. The van der Waals surface area contributed by atoms with Crippen LogP contribution in [0.2, 0.25) is 0 Å². The van der Waals surface area contributed by atoms with Gasteiger partial charge in [0.15, 0.2) is 0 Å². The third kappa shape index (κ3) is 7.09. The SMILES string of the molecule is CON(C)C(=O)C1NC(=O)CC1c1cc(-c2ccc(F)cc2C)c(N(C)C(=O)C(C)(C)c2cc(C(F)(F)F)cc(C(F)(F)F)c2)cn1. The molecular weight excluding hydrogens is 637 g/mol. The third-order valence-corrected chi connectivity index (χ3v) is 8.25. The van der Waals surface area contributed by atoms with Gasteiger partial charge < -0.3 is 10.2 Å². The van der Waals surface area contributed by atoms with Crippen LogP contribution >= 0.6 is 0 Å².